The van der Waals surface area contributed by atoms with E-state index < -0.39 is 0 Å². The number of hydrogen-bond acceptors (Lipinski definition) is 3. The van der Waals surface area contributed by atoms with Crippen LogP contribution in [-0.4, -0.2) is 17.3 Å². The van der Waals surface area contributed by atoms with Crippen LogP contribution in [0, 0.1) is 0 Å². The minimum atomic E-state index is -0.0455. The molecule has 1 saturated carbocycles. The van der Waals surface area contributed by atoms with Gasteiger partial charge in [-0.2, -0.15) is 0 Å². The number of hydrogen-bond donors (Lipinski definition) is 3. The fraction of sp³-hybridized carbons (Fsp3) is 0.400. The molecule has 0 aromatic heterocycles. The van der Waals surface area contributed by atoms with Crippen molar-refractivity contribution in [2.75, 3.05) is 17.7 Å². The number of nitrogens with one attached hydrogen (secondary N) is 1. The van der Waals surface area contributed by atoms with Gasteiger partial charge in [0, 0.05) is 11.4 Å². The highest BCUT2D eigenvalue weighted by molar-refractivity contribution is 5.53. The Morgan fingerprint density at radius 1 is 1.31 bits per heavy atom. The minimum Gasteiger partial charge on any atom is -0.399 e. The van der Waals surface area contributed by atoms with Crippen molar-refractivity contribution < 1.29 is 5.11 Å². The highest BCUT2D eigenvalue weighted by Gasteiger charge is 2.41. The second-order valence-electron chi connectivity index (χ2n) is 3.69. The average molecular weight is 178 g/mol. The third kappa shape index (κ3) is 1.75. The lowest BCUT2D eigenvalue weighted by atomic mass is 10.2. The topological polar surface area (TPSA) is 58.3 Å². The maximum atomic E-state index is 9.09. The monoisotopic (exact) mass is 178 g/mol. The zero-order valence-electron chi connectivity index (χ0n) is 7.46. The van der Waals surface area contributed by atoms with E-state index in [1.54, 1.807) is 0 Å². The van der Waals surface area contributed by atoms with Gasteiger partial charge in [0.1, 0.15) is 0 Å². The van der Waals surface area contributed by atoms with E-state index in [1.165, 1.54) is 0 Å². The fourth-order valence-electron chi connectivity index (χ4n) is 1.35. The van der Waals surface area contributed by atoms with Gasteiger partial charge in [-0.05, 0) is 37.1 Å². The summed E-state index contributed by atoms with van der Waals surface area (Å²) < 4.78 is 0. The Bertz CT molecular complexity index is 290. The van der Waals surface area contributed by atoms with Crippen molar-refractivity contribution in [3.05, 3.63) is 24.3 Å². The largest absolute Gasteiger partial charge is 0.399 e. The van der Waals surface area contributed by atoms with E-state index in [0.717, 1.165) is 24.2 Å². The molecule has 4 N–H and O–H groups in total. The lowest BCUT2D eigenvalue weighted by Crippen LogP contribution is -2.25. The van der Waals surface area contributed by atoms with Crippen LogP contribution in [-0.2, 0) is 0 Å². The maximum absolute atomic E-state index is 9.09. The van der Waals surface area contributed by atoms with Gasteiger partial charge in [-0.1, -0.05) is 0 Å². The average Bonchev–Trinajstić information content (AvgIpc) is 2.90. The van der Waals surface area contributed by atoms with Crippen molar-refractivity contribution in [3.63, 3.8) is 0 Å². The first kappa shape index (κ1) is 8.38. The molecule has 0 aliphatic heterocycles. The molecule has 0 saturated heterocycles. The van der Waals surface area contributed by atoms with E-state index >= 15 is 0 Å². The Hall–Kier alpha value is -1.22. The molecule has 2 rings (SSSR count). The van der Waals surface area contributed by atoms with E-state index in [4.69, 9.17) is 10.8 Å². The molecule has 0 heterocycles. The van der Waals surface area contributed by atoms with Gasteiger partial charge >= 0.3 is 0 Å². The summed E-state index contributed by atoms with van der Waals surface area (Å²) in [5, 5.41) is 12.4. The Morgan fingerprint density at radius 3 is 2.38 bits per heavy atom. The van der Waals surface area contributed by atoms with Crippen molar-refractivity contribution in [1.82, 2.24) is 0 Å². The highest BCUT2D eigenvalue weighted by atomic mass is 16.3. The van der Waals surface area contributed by atoms with E-state index in [0.29, 0.717) is 0 Å². The summed E-state index contributed by atoms with van der Waals surface area (Å²) in [4.78, 5) is 0. The molecule has 0 spiro atoms. The van der Waals surface area contributed by atoms with Gasteiger partial charge in [-0.15, -0.1) is 0 Å². The molecule has 1 aliphatic carbocycles. The lowest BCUT2D eigenvalue weighted by molar-refractivity contribution is 0.266. The van der Waals surface area contributed by atoms with Gasteiger partial charge in [-0.25, -0.2) is 0 Å². The smallest absolute Gasteiger partial charge is 0.0661 e. The summed E-state index contributed by atoms with van der Waals surface area (Å²) in [5.41, 5.74) is 7.31. The molecule has 70 valence electrons. The fourth-order valence-corrected chi connectivity index (χ4v) is 1.35. The van der Waals surface area contributed by atoms with Gasteiger partial charge < -0.3 is 16.2 Å². The van der Waals surface area contributed by atoms with Crippen LogP contribution in [0.25, 0.3) is 0 Å². The van der Waals surface area contributed by atoms with Crippen LogP contribution in [0.4, 0.5) is 11.4 Å². The number of rotatable bonds is 3. The number of nitrogen functional groups attached to an aromatic ring is 1. The highest BCUT2D eigenvalue weighted by Crippen LogP contribution is 2.38. The molecule has 1 aliphatic rings. The van der Waals surface area contributed by atoms with Gasteiger partial charge in [0.2, 0.25) is 0 Å². The van der Waals surface area contributed by atoms with Crippen LogP contribution < -0.4 is 11.1 Å². The second kappa shape index (κ2) is 2.92. The first-order valence-corrected chi connectivity index (χ1v) is 4.49. The molecule has 0 amide bonds. The lowest BCUT2D eigenvalue weighted by Gasteiger charge is -2.15. The number of anilines is 2. The number of nitrogens with two attached hydrogens (primary N) is 1. The van der Waals surface area contributed by atoms with E-state index in [1.807, 2.05) is 24.3 Å². The van der Waals surface area contributed by atoms with Crippen molar-refractivity contribution in [3.8, 4) is 0 Å². The minimum absolute atomic E-state index is 0.0455. The summed E-state index contributed by atoms with van der Waals surface area (Å²) in [6.07, 6.45) is 2.10. The summed E-state index contributed by atoms with van der Waals surface area (Å²) in [6, 6.07) is 7.59. The normalized spacial score (nSPS) is 18.2. The molecule has 13 heavy (non-hydrogen) atoms. The van der Waals surface area contributed by atoms with Crippen LogP contribution in [0.1, 0.15) is 12.8 Å². The van der Waals surface area contributed by atoms with Gasteiger partial charge in [0.15, 0.2) is 0 Å². The van der Waals surface area contributed by atoms with Crippen molar-refractivity contribution in [1.29, 1.82) is 0 Å². The van der Waals surface area contributed by atoms with Crippen LogP contribution >= 0.6 is 0 Å². The Labute approximate surface area is 77.6 Å². The Kier molecular flexibility index (Phi) is 1.88. The van der Waals surface area contributed by atoms with Gasteiger partial charge in [0.25, 0.3) is 0 Å². The summed E-state index contributed by atoms with van der Waals surface area (Å²) in [6.45, 7) is 0.206. The molecule has 0 atom stereocenters. The zero-order chi connectivity index (χ0) is 9.31. The van der Waals surface area contributed by atoms with Crippen molar-refractivity contribution >= 4 is 11.4 Å². The van der Waals surface area contributed by atoms with E-state index in [9.17, 15) is 0 Å². The van der Waals surface area contributed by atoms with Crippen LogP contribution in [0.15, 0.2) is 24.3 Å². The van der Waals surface area contributed by atoms with Crippen molar-refractivity contribution in [2.24, 2.45) is 0 Å². The molecule has 3 heteroatoms. The summed E-state index contributed by atoms with van der Waals surface area (Å²) in [7, 11) is 0. The molecule has 1 fully saturated rings. The molecule has 0 unspecified atom stereocenters. The number of aliphatic hydroxyl groups is 1. The predicted molar refractivity (Wildman–Crippen MR) is 53.5 cm³/mol. The van der Waals surface area contributed by atoms with Gasteiger partial charge in [0.05, 0.1) is 12.1 Å². The molecular formula is C10H14N2O. The third-order valence-electron chi connectivity index (χ3n) is 2.48. The SMILES string of the molecule is Nc1ccc(NC2(CO)CC2)cc1. The third-order valence-corrected chi connectivity index (χ3v) is 2.48. The summed E-state index contributed by atoms with van der Waals surface area (Å²) in [5.74, 6) is 0. The Morgan fingerprint density at radius 2 is 1.92 bits per heavy atom. The zero-order valence-corrected chi connectivity index (χ0v) is 7.46. The molecule has 0 radical (unpaired) electrons. The van der Waals surface area contributed by atoms with Crippen LogP contribution in [0.2, 0.25) is 0 Å². The Balaban J connectivity index is 2.06. The van der Waals surface area contributed by atoms with Crippen LogP contribution in [0.3, 0.4) is 0 Å². The standard InChI is InChI=1S/C10H14N2O/c11-8-1-3-9(4-2-8)12-10(7-13)5-6-10/h1-4,12-13H,5-7,11H2. The second-order valence-corrected chi connectivity index (χ2v) is 3.69. The molecular weight excluding hydrogens is 164 g/mol. The number of benzene rings is 1. The molecule has 0 bridgehead atoms. The molecule has 1 aromatic rings. The maximum Gasteiger partial charge on any atom is 0.0661 e. The van der Waals surface area contributed by atoms with Gasteiger partial charge in [-0.3, -0.25) is 0 Å². The van der Waals surface area contributed by atoms with Crippen molar-refractivity contribution in [2.45, 2.75) is 18.4 Å². The van der Waals surface area contributed by atoms with E-state index in [2.05, 4.69) is 5.32 Å². The quantitative estimate of drug-likeness (QED) is 0.610. The first-order valence-electron chi connectivity index (χ1n) is 4.49. The summed E-state index contributed by atoms with van der Waals surface area (Å²) >= 11 is 0. The predicted octanol–water partition coefficient (Wildman–Crippen LogP) is 1.21. The molecule has 1 aromatic carbocycles. The van der Waals surface area contributed by atoms with Crippen LogP contribution in [0.5, 0.6) is 0 Å². The van der Waals surface area contributed by atoms with E-state index in [-0.39, 0.29) is 12.1 Å². The first-order chi connectivity index (χ1) is 6.24. The number of aliphatic hydroxyl groups excluding tert-OH is 1. The molecule has 3 nitrogen and oxygen atoms in total.